The fraction of sp³-hybridized carbons (Fsp3) is 0.300. The molecule has 0 fully saturated rings. The Kier molecular flexibility index (Phi) is 8.57. The standard InChI is InChI=1S/C60H65N3O/c1-35(2)44-26-45(36(3)4)28-47(27-44)42-21-22-55(40(10)25-42)63-56-16-14-15-51(57(56)62-59(63)53-33-46(37(5)6)32-52(38(7)8)58(53)64)48-29-49(31-50(30-48)60(11,12)13)54-34-43(23-24-61-54)41-19-17-39(9)18-20-41/h14-38,64H,1-13H3/i9D3,10D3,17D,18D,19D,20D,35D,36D. The number of benzene rings is 6. The monoisotopic (exact) mass is 856 g/mol. The summed E-state index contributed by atoms with van der Waals surface area (Å²) in [5.41, 5.74) is 8.88. The molecular weight excluding hydrogens is 779 g/mol. The van der Waals surface area contributed by atoms with Crippen LogP contribution in [0.4, 0.5) is 0 Å². The lowest BCUT2D eigenvalue weighted by Crippen LogP contribution is -2.11. The number of phenolic OH excluding ortho intramolecular Hbond substituents is 1. The molecule has 1 N–H and O–H groups in total. The van der Waals surface area contributed by atoms with Gasteiger partial charge in [-0.25, -0.2) is 4.98 Å². The highest BCUT2D eigenvalue weighted by Crippen LogP contribution is 2.44. The van der Waals surface area contributed by atoms with Crippen molar-refractivity contribution in [3.05, 3.63) is 166 Å². The lowest BCUT2D eigenvalue weighted by molar-refractivity contribution is 0.466. The molecule has 0 radical (unpaired) electrons. The number of pyridine rings is 1. The highest BCUT2D eigenvalue weighted by atomic mass is 16.3. The first-order valence-corrected chi connectivity index (χ1v) is 22.0. The van der Waals surface area contributed by atoms with Crippen molar-refractivity contribution >= 4 is 11.0 Å². The average molecular weight is 856 g/mol. The molecule has 0 aliphatic rings. The van der Waals surface area contributed by atoms with E-state index >= 15 is 0 Å². The van der Waals surface area contributed by atoms with E-state index in [2.05, 4.69) is 40.7 Å². The van der Waals surface area contributed by atoms with E-state index in [0.29, 0.717) is 72.7 Å². The SMILES string of the molecule is [2H]c1c([2H])c(C([2H])([2H])[2H])c([2H])c([2H])c1-c1ccnc(-c2cc(-c3cccc4c3nc(-c3cc(C(C)C)cc(C(C)C)c3O)n4-c3ccc(-c4cc(C([2H])(C)C)cc(C([2H])(C)C)c4)cc3C([2H])([2H])[2H])cc(C(C)(C)C)c2)c1. The summed E-state index contributed by atoms with van der Waals surface area (Å²) in [7, 11) is 0. The molecule has 64 heavy (non-hydrogen) atoms. The number of aromatic hydroxyl groups is 1. The summed E-state index contributed by atoms with van der Waals surface area (Å²) < 4.78 is 106. The van der Waals surface area contributed by atoms with Gasteiger partial charge in [-0.1, -0.05) is 154 Å². The minimum atomic E-state index is -2.86. The second-order valence-electron chi connectivity index (χ2n) is 19.0. The highest BCUT2D eigenvalue weighted by Gasteiger charge is 2.25. The zero-order valence-electron chi connectivity index (χ0n) is 50.8. The molecule has 2 aromatic heterocycles. The van der Waals surface area contributed by atoms with E-state index < -0.39 is 60.6 Å². The van der Waals surface area contributed by atoms with Gasteiger partial charge in [-0.15, -0.1) is 0 Å². The van der Waals surface area contributed by atoms with E-state index in [0.717, 1.165) is 22.3 Å². The normalized spacial score (nSPS) is 15.6. The fourth-order valence-electron chi connectivity index (χ4n) is 8.23. The number of nitrogens with zero attached hydrogens (tertiary/aromatic N) is 3. The number of rotatable bonds is 10. The van der Waals surface area contributed by atoms with Gasteiger partial charge >= 0.3 is 0 Å². The summed E-state index contributed by atoms with van der Waals surface area (Å²) in [4.78, 5) is 10.2. The van der Waals surface area contributed by atoms with E-state index in [1.165, 1.54) is 6.20 Å². The van der Waals surface area contributed by atoms with E-state index in [-0.39, 0.29) is 28.7 Å². The lowest BCUT2D eigenvalue weighted by atomic mass is 9.83. The summed E-state index contributed by atoms with van der Waals surface area (Å²) in [5.74, 6) is -1.67. The molecular formula is C60H65N3O. The summed E-state index contributed by atoms with van der Waals surface area (Å²) in [6, 6.07) is 27.7. The molecule has 8 aromatic rings. The van der Waals surface area contributed by atoms with Gasteiger partial charge in [0.15, 0.2) is 0 Å². The maximum absolute atomic E-state index is 12.3. The molecule has 0 bridgehead atoms. The van der Waals surface area contributed by atoms with Crippen LogP contribution in [-0.2, 0) is 5.41 Å². The third-order valence-electron chi connectivity index (χ3n) is 12.1. The maximum atomic E-state index is 12.3. The van der Waals surface area contributed by atoms with Crippen LogP contribution in [0.5, 0.6) is 5.75 Å². The van der Waals surface area contributed by atoms with Gasteiger partial charge in [0.05, 0.1) is 33.5 Å². The Balaban J connectivity index is 1.42. The van der Waals surface area contributed by atoms with Crippen LogP contribution in [0, 0.1) is 13.7 Å². The summed E-state index contributed by atoms with van der Waals surface area (Å²) in [5, 5.41) is 12.3. The number of hydrogen-bond donors (Lipinski definition) is 1. The van der Waals surface area contributed by atoms with Gasteiger partial charge in [0.1, 0.15) is 11.6 Å². The fourth-order valence-corrected chi connectivity index (χ4v) is 8.23. The maximum Gasteiger partial charge on any atom is 0.149 e. The van der Waals surface area contributed by atoms with Gasteiger partial charge in [0, 0.05) is 28.3 Å². The molecule has 0 saturated carbocycles. The number of aromatic nitrogens is 3. The first-order valence-electron chi connectivity index (χ1n) is 28.0. The summed E-state index contributed by atoms with van der Waals surface area (Å²) >= 11 is 0. The minimum absolute atomic E-state index is 0.0273. The number of phenols is 1. The third-order valence-corrected chi connectivity index (χ3v) is 12.1. The summed E-state index contributed by atoms with van der Waals surface area (Å²) in [6.45, 7) is 16.0. The Labute approximate surface area is 399 Å². The van der Waals surface area contributed by atoms with Crippen molar-refractivity contribution in [2.75, 3.05) is 0 Å². The minimum Gasteiger partial charge on any atom is -0.507 e. The summed E-state index contributed by atoms with van der Waals surface area (Å²) in [6.07, 6.45) is 1.52. The van der Waals surface area contributed by atoms with Crippen molar-refractivity contribution in [2.45, 2.75) is 119 Å². The number of imidazole rings is 1. The Morgan fingerprint density at radius 1 is 0.625 bits per heavy atom. The molecule has 0 aliphatic carbocycles. The number of aryl methyl sites for hydroxylation is 1. The molecule has 4 heteroatoms. The largest absolute Gasteiger partial charge is 0.507 e. The smallest absolute Gasteiger partial charge is 0.149 e. The topological polar surface area (TPSA) is 50.9 Å². The van der Waals surface area contributed by atoms with Crippen LogP contribution < -0.4 is 0 Å². The van der Waals surface area contributed by atoms with Crippen molar-refractivity contribution in [2.24, 2.45) is 0 Å². The van der Waals surface area contributed by atoms with Gasteiger partial charge in [0.2, 0.25) is 0 Å². The molecule has 0 unspecified atom stereocenters. The van der Waals surface area contributed by atoms with Gasteiger partial charge in [-0.05, 0) is 152 Å². The first-order chi connectivity index (χ1) is 35.1. The van der Waals surface area contributed by atoms with Gasteiger partial charge in [-0.2, -0.15) is 0 Å². The lowest BCUT2D eigenvalue weighted by Gasteiger charge is -2.22. The molecule has 0 spiro atoms. The molecule has 0 atom stereocenters. The molecule has 0 amide bonds. The number of para-hydroxylation sites is 1. The Hall–Kier alpha value is -6.26. The number of fused-ring (bicyclic) bond motifs is 1. The second kappa shape index (κ2) is 17.4. The highest BCUT2D eigenvalue weighted by molar-refractivity contribution is 5.97. The zero-order chi connectivity index (χ0) is 56.1. The van der Waals surface area contributed by atoms with E-state index in [9.17, 15) is 5.11 Å². The third kappa shape index (κ3) is 8.68. The zero-order valence-corrected chi connectivity index (χ0v) is 38.8. The van der Waals surface area contributed by atoms with E-state index in [1.807, 2.05) is 85.1 Å². The van der Waals surface area contributed by atoms with Crippen molar-refractivity contribution < 1.29 is 21.6 Å². The number of hydrogen-bond acceptors (Lipinski definition) is 3. The van der Waals surface area contributed by atoms with Crippen LogP contribution in [0.25, 0.3) is 72.7 Å². The Bertz CT molecular complexity index is 3520. The van der Waals surface area contributed by atoms with Gasteiger partial charge < -0.3 is 5.11 Å². The Morgan fingerprint density at radius 3 is 1.97 bits per heavy atom. The molecule has 8 rings (SSSR count). The van der Waals surface area contributed by atoms with Crippen LogP contribution >= 0.6 is 0 Å². The second-order valence-corrected chi connectivity index (χ2v) is 19.0. The van der Waals surface area contributed by atoms with Crippen LogP contribution in [0.15, 0.2) is 127 Å². The van der Waals surface area contributed by atoms with Gasteiger partial charge in [-0.3, -0.25) is 9.55 Å². The molecule has 4 nitrogen and oxygen atoms in total. The van der Waals surface area contributed by atoms with Gasteiger partial charge in [0.25, 0.3) is 0 Å². The van der Waals surface area contributed by atoms with Crippen LogP contribution in [0.3, 0.4) is 0 Å². The van der Waals surface area contributed by atoms with Crippen molar-refractivity contribution in [1.82, 2.24) is 14.5 Å². The van der Waals surface area contributed by atoms with Crippen LogP contribution in [-0.4, -0.2) is 19.6 Å². The molecule has 326 valence electrons. The van der Waals surface area contributed by atoms with Crippen molar-refractivity contribution in [3.8, 4) is 67.5 Å². The van der Waals surface area contributed by atoms with Crippen molar-refractivity contribution in [3.63, 3.8) is 0 Å². The van der Waals surface area contributed by atoms with E-state index in [4.69, 9.17) is 26.4 Å². The van der Waals surface area contributed by atoms with E-state index in [1.54, 1.807) is 52.0 Å². The Morgan fingerprint density at radius 2 is 1.33 bits per heavy atom. The predicted molar refractivity (Wildman–Crippen MR) is 272 cm³/mol. The molecule has 6 aromatic carbocycles. The average Bonchev–Trinajstić information content (AvgIpc) is 3.71. The molecule has 0 aliphatic heterocycles. The van der Waals surface area contributed by atoms with Crippen molar-refractivity contribution in [1.29, 1.82) is 0 Å². The molecule has 2 heterocycles. The molecule has 0 saturated heterocycles. The van der Waals surface area contributed by atoms with Crippen LogP contribution in [0.1, 0.15) is 155 Å². The van der Waals surface area contributed by atoms with Crippen LogP contribution in [0.2, 0.25) is 0 Å². The predicted octanol–water partition coefficient (Wildman–Crippen LogP) is 16.9. The first kappa shape index (κ1) is 31.6. The quantitative estimate of drug-likeness (QED) is 0.149.